The molecule has 0 radical (unpaired) electrons. The number of carboxylic acid groups (broad SMARTS) is 1. The Morgan fingerprint density at radius 2 is 1.68 bits per heavy atom. The lowest BCUT2D eigenvalue weighted by Crippen LogP contribution is -2.20. The number of aryl methyl sites for hydroxylation is 2. The van der Waals surface area contributed by atoms with E-state index < -0.39 is 23.6 Å². The molecule has 0 spiro atoms. The molecule has 6 heteroatoms. The summed E-state index contributed by atoms with van der Waals surface area (Å²) in [5.74, 6) is -2.10. The van der Waals surface area contributed by atoms with Crippen molar-refractivity contribution in [2.24, 2.45) is 0 Å². The van der Waals surface area contributed by atoms with Gasteiger partial charge in [0, 0.05) is 0 Å². The average Bonchev–Trinajstić information content (AvgIpc) is 2.45. The van der Waals surface area contributed by atoms with Gasteiger partial charge in [0.1, 0.15) is 11.3 Å². The highest BCUT2D eigenvalue weighted by Gasteiger charge is 2.34. The minimum absolute atomic E-state index is 0.209. The van der Waals surface area contributed by atoms with E-state index in [1.807, 2.05) is 30.3 Å². The highest BCUT2D eigenvalue weighted by Crippen LogP contribution is 2.31. The monoisotopic (exact) mass is 310 g/mol. The second kappa shape index (κ2) is 6.51. The zero-order valence-corrected chi connectivity index (χ0v) is 11.4. The van der Waals surface area contributed by atoms with Gasteiger partial charge in [0.05, 0.1) is 0 Å². The van der Waals surface area contributed by atoms with Gasteiger partial charge in [-0.15, -0.1) is 13.2 Å². The number of alkyl halides is 3. The molecule has 22 heavy (non-hydrogen) atoms. The highest BCUT2D eigenvalue weighted by atomic mass is 19.4. The van der Waals surface area contributed by atoms with Crippen LogP contribution in [0.2, 0.25) is 0 Å². The molecule has 0 fully saturated rings. The first kappa shape index (κ1) is 15.9. The molecular weight excluding hydrogens is 297 g/mol. The van der Waals surface area contributed by atoms with Crippen LogP contribution in [0.5, 0.6) is 5.75 Å². The maximum absolute atomic E-state index is 12.5. The molecule has 2 aromatic carbocycles. The minimum atomic E-state index is -4.94. The molecule has 0 saturated heterocycles. The van der Waals surface area contributed by atoms with Gasteiger partial charge in [-0.1, -0.05) is 42.5 Å². The van der Waals surface area contributed by atoms with E-state index in [1.165, 1.54) is 12.1 Å². The molecule has 0 amide bonds. The quantitative estimate of drug-likeness (QED) is 0.905. The summed E-state index contributed by atoms with van der Waals surface area (Å²) in [4.78, 5) is 11.1. The Morgan fingerprint density at radius 3 is 2.27 bits per heavy atom. The maximum atomic E-state index is 12.5. The van der Waals surface area contributed by atoms with Crippen molar-refractivity contribution in [3.05, 3.63) is 65.2 Å². The van der Waals surface area contributed by atoms with E-state index in [0.29, 0.717) is 6.42 Å². The van der Waals surface area contributed by atoms with Crippen LogP contribution in [0.3, 0.4) is 0 Å². The van der Waals surface area contributed by atoms with E-state index in [1.54, 1.807) is 0 Å². The molecule has 0 saturated carbocycles. The van der Waals surface area contributed by atoms with E-state index in [9.17, 15) is 18.0 Å². The van der Waals surface area contributed by atoms with Crippen LogP contribution in [0.1, 0.15) is 21.5 Å². The number of benzene rings is 2. The summed E-state index contributed by atoms with van der Waals surface area (Å²) in [7, 11) is 0. The molecule has 0 atom stereocenters. The molecule has 0 heterocycles. The number of carboxylic acids is 1. The number of hydrogen-bond donors (Lipinski definition) is 1. The van der Waals surface area contributed by atoms with Gasteiger partial charge >= 0.3 is 12.3 Å². The number of aromatic carboxylic acids is 1. The smallest absolute Gasteiger partial charge is 0.478 e. The molecule has 0 unspecified atom stereocenters. The van der Waals surface area contributed by atoms with Gasteiger partial charge in [-0.2, -0.15) is 0 Å². The van der Waals surface area contributed by atoms with Gasteiger partial charge in [0.15, 0.2) is 0 Å². The lowest BCUT2D eigenvalue weighted by Gasteiger charge is -2.15. The molecular formula is C16H13F3O3. The third kappa shape index (κ3) is 4.25. The van der Waals surface area contributed by atoms with Crippen LogP contribution in [-0.2, 0) is 12.8 Å². The van der Waals surface area contributed by atoms with Crippen molar-refractivity contribution in [1.29, 1.82) is 0 Å². The van der Waals surface area contributed by atoms with Crippen LogP contribution in [-0.4, -0.2) is 17.4 Å². The fourth-order valence-electron chi connectivity index (χ4n) is 2.11. The Bertz CT molecular complexity index is 651. The third-order valence-electron chi connectivity index (χ3n) is 3.07. The fraction of sp³-hybridized carbons (Fsp3) is 0.188. The van der Waals surface area contributed by atoms with Crippen molar-refractivity contribution < 1.29 is 27.8 Å². The molecule has 116 valence electrons. The average molecular weight is 310 g/mol. The Balaban J connectivity index is 2.29. The van der Waals surface area contributed by atoms with E-state index in [0.717, 1.165) is 11.6 Å². The Hall–Kier alpha value is -2.50. The van der Waals surface area contributed by atoms with Crippen molar-refractivity contribution in [3.8, 4) is 5.75 Å². The summed E-state index contributed by atoms with van der Waals surface area (Å²) in [5.41, 5.74) is 0.658. The van der Waals surface area contributed by atoms with Gasteiger partial charge in [-0.3, -0.25) is 0 Å². The zero-order valence-electron chi connectivity index (χ0n) is 11.4. The van der Waals surface area contributed by atoms with Crippen LogP contribution in [0.4, 0.5) is 13.2 Å². The summed E-state index contributed by atoms with van der Waals surface area (Å²) in [6.45, 7) is 0. The summed E-state index contributed by atoms with van der Waals surface area (Å²) < 4.78 is 41.5. The van der Waals surface area contributed by atoms with Crippen molar-refractivity contribution in [3.63, 3.8) is 0 Å². The normalized spacial score (nSPS) is 11.2. The molecule has 0 aromatic heterocycles. The molecule has 0 bridgehead atoms. The van der Waals surface area contributed by atoms with Gasteiger partial charge in [-0.05, 0) is 30.0 Å². The number of ether oxygens (including phenoxy) is 1. The van der Waals surface area contributed by atoms with Gasteiger partial charge in [0.25, 0.3) is 0 Å². The summed E-state index contributed by atoms with van der Waals surface area (Å²) in [5, 5.41) is 9.02. The van der Waals surface area contributed by atoms with Crippen LogP contribution >= 0.6 is 0 Å². The molecule has 2 rings (SSSR count). The fourth-order valence-corrected chi connectivity index (χ4v) is 2.11. The number of para-hydroxylation sites is 1. The second-order valence-electron chi connectivity index (χ2n) is 4.63. The van der Waals surface area contributed by atoms with Crippen LogP contribution < -0.4 is 4.74 Å². The molecule has 0 aliphatic carbocycles. The van der Waals surface area contributed by atoms with Crippen molar-refractivity contribution >= 4 is 5.97 Å². The van der Waals surface area contributed by atoms with Crippen molar-refractivity contribution in [2.75, 3.05) is 0 Å². The topological polar surface area (TPSA) is 46.5 Å². The zero-order chi connectivity index (χ0) is 16.2. The highest BCUT2D eigenvalue weighted by molar-refractivity contribution is 5.91. The standard InChI is InChI=1S/C16H13F3O3/c17-16(18,19)22-14-12(7-4-8-13(14)15(20)21)10-9-11-5-2-1-3-6-11/h1-8H,9-10H2,(H,20,21). The molecule has 3 nitrogen and oxygen atoms in total. The predicted molar refractivity (Wildman–Crippen MR) is 73.9 cm³/mol. The molecule has 2 aromatic rings. The van der Waals surface area contributed by atoms with Crippen LogP contribution in [0.25, 0.3) is 0 Å². The van der Waals surface area contributed by atoms with E-state index >= 15 is 0 Å². The Morgan fingerprint density at radius 1 is 1.00 bits per heavy atom. The van der Waals surface area contributed by atoms with Crippen LogP contribution in [0.15, 0.2) is 48.5 Å². The Kier molecular flexibility index (Phi) is 4.70. The number of carbonyl (C=O) groups is 1. The van der Waals surface area contributed by atoms with Crippen molar-refractivity contribution in [2.45, 2.75) is 19.2 Å². The largest absolute Gasteiger partial charge is 0.573 e. The second-order valence-corrected chi connectivity index (χ2v) is 4.63. The number of rotatable bonds is 5. The first-order chi connectivity index (χ1) is 10.4. The SMILES string of the molecule is O=C(O)c1cccc(CCc2ccccc2)c1OC(F)(F)F. The minimum Gasteiger partial charge on any atom is -0.478 e. The summed E-state index contributed by atoms with van der Waals surface area (Å²) in [6, 6.07) is 13.1. The summed E-state index contributed by atoms with van der Waals surface area (Å²) in [6.07, 6.45) is -4.21. The first-order valence-electron chi connectivity index (χ1n) is 6.51. The Labute approximate surface area is 125 Å². The maximum Gasteiger partial charge on any atom is 0.573 e. The molecule has 0 aliphatic rings. The first-order valence-corrected chi connectivity index (χ1v) is 6.51. The van der Waals surface area contributed by atoms with E-state index in [-0.39, 0.29) is 12.0 Å². The molecule has 0 aliphatic heterocycles. The predicted octanol–water partition coefficient (Wildman–Crippen LogP) is 4.07. The van der Waals surface area contributed by atoms with Gasteiger partial charge in [-0.25, -0.2) is 4.79 Å². The third-order valence-corrected chi connectivity index (χ3v) is 3.07. The number of hydrogen-bond acceptors (Lipinski definition) is 2. The lowest BCUT2D eigenvalue weighted by atomic mass is 10.0. The van der Waals surface area contributed by atoms with Crippen LogP contribution in [0, 0.1) is 0 Å². The van der Waals surface area contributed by atoms with E-state index in [2.05, 4.69) is 4.74 Å². The van der Waals surface area contributed by atoms with Crippen molar-refractivity contribution in [1.82, 2.24) is 0 Å². The van der Waals surface area contributed by atoms with E-state index in [4.69, 9.17) is 5.11 Å². The van der Waals surface area contributed by atoms with Gasteiger partial charge in [0.2, 0.25) is 0 Å². The number of halogens is 3. The van der Waals surface area contributed by atoms with Gasteiger partial charge < -0.3 is 9.84 Å². The lowest BCUT2D eigenvalue weighted by molar-refractivity contribution is -0.275. The summed E-state index contributed by atoms with van der Waals surface area (Å²) >= 11 is 0. The molecule has 1 N–H and O–H groups in total.